The zero-order valence-electron chi connectivity index (χ0n) is 10.0. The average Bonchev–Trinajstić information content (AvgIpc) is 2.29. The number of hydrogen-bond donors (Lipinski definition) is 1. The molecule has 1 aromatic carbocycles. The van der Waals surface area contributed by atoms with E-state index in [1.165, 1.54) is 6.07 Å². The van der Waals surface area contributed by atoms with Crippen molar-refractivity contribution in [2.75, 3.05) is 20.3 Å². The number of ether oxygens (including phenoxy) is 1. The van der Waals surface area contributed by atoms with E-state index in [2.05, 4.69) is 12.2 Å². The summed E-state index contributed by atoms with van der Waals surface area (Å²) in [6.45, 7) is 3.67. The van der Waals surface area contributed by atoms with Crippen LogP contribution < -0.4 is 5.32 Å². The Morgan fingerprint density at radius 3 is 2.81 bits per heavy atom. The van der Waals surface area contributed by atoms with Crippen LogP contribution in [0.2, 0.25) is 0 Å². The van der Waals surface area contributed by atoms with Crippen LogP contribution in [0.15, 0.2) is 24.3 Å². The van der Waals surface area contributed by atoms with Crippen molar-refractivity contribution >= 4 is 0 Å². The Balaban J connectivity index is 2.23. The molecule has 0 heterocycles. The summed E-state index contributed by atoms with van der Waals surface area (Å²) in [6.07, 6.45) is 1.71. The molecule has 0 saturated heterocycles. The third kappa shape index (κ3) is 4.73. The third-order valence-electron chi connectivity index (χ3n) is 2.60. The van der Waals surface area contributed by atoms with Crippen LogP contribution in [-0.2, 0) is 11.2 Å². The van der Waals surface area contributed by atoms with Crippen LogP contribution in [0.25, 0.3) is 0 Å². The van der Waals surface area contributed by atoms with Gasteiger partial charge in [0.15, 0.2) is 0 Å². The molecular formula is C13H20FNO. The van der Waals surface area contributed by atoms with E-state index in [1.54, 1.807) is 13.2 Å². The molecule has 1 rings (SSSR count). The van der Waals surface area contributed by atoms with Gasteiger partial charge in [-0.15, -0.1) is 0 Å². The van der Waals surface area contributed by atoms with Gasteiger partial charge in [0.2, 0.25) is 0 Å². The highest BCUT2D eigenvalue weighted by Gasteiger charge is 2.03. The van der Waals surface area contributed by atoms with E-state index in [0.29, 0.717) is 6.04 Å². The lowest BCUT2D eigenvalue weighted by Crippen LogP contribution is -2.29. The second-order valence-corrected chi connectivity index (χ2v) is 3.98. The maximum absolute atomic E-state index is 13.3. The lowest BCUT2D eigenvalue weighted by Gasteiger charge is -2.13. The molecular weight excluding hydrogens is 205 g/mol. The van der Waals surface area contributed by atoms with E-state index < -0.39 is 0 Å². The molecule has 1 unspecified atom stereocenters. The number of rotatable bonds is 7. The Morgan fingerprint density at radius 1 is 1.38 bits per heavy atom. The number of halogens is 1. The van der Waals surface area contributed by atoms with Crippen LogP contribution >= 0.6 is 0 Å². The van der Waals surface area contributed by atoms with Crippen molar-refractivity contribution in [3.8, 4) is 0 Å². The maximum atomic E-state index is 13.3. The Bertz CT molecular complexity index is 304. The topological polar surface area (TPSA) is 21.3 Å². The minimum absolute atomic E-state index is 0.117. The quantitative estimate of drug-likeness (QED) is 0.769. The summed E-state index contributed by atoms with van der Waals surface area (Å²) in [7, 11) is 1.70. The van der Waals surface area contributed by atoms with Gasteiger partial charge in [0.05, 0.1) is 0 Å². The summed E-state index contributed by atoms with van der Waals surface area (Å²) in [4.78, 5) is 0. The number of methoxy groups -OCH3 is 1. The average molecular weight is 225 g/mol. The highest BCUT2D eigenvalue weighted by Crippen LogP contribution is 2.06. The Hall–Kier alpha value is -0.930. The van der Waals surface area contributed by atoms with Gasteiger partial charge in [-0.3, -0.25) is 0 Å². The highest BCUT2D eigenvalue weighted by molar-refractivity contribution is 5.17. The molecule has 0 amide bonds. The van der Waals surface area contributed by atoms with Gasteiger partial charge in [-0.05, 0) is 37.9 Å². The van der Waals surface area contributed by atoms with Crippen LogP contribution in [0.5, 0.6) is 0 Å². The van der Waals surface area contributed by atoms with Crippen LogP contribution in [0.4, 0.5) is 4.39 Å². The van der Waals surface area contributed by atoms with Gasteiger partial charge in [0.25, 0.3) is 0 Å². The first kappa shape index (κ1) is 13.1. The lowest BCUT2D eigenvalue weighted by atomic mass is 10.1. The van der Waals surface area contributed by atoms with Crippen molar-refractivity contribution in [3.63, 3.8) is 0 Å². The molecule has 0 fully saturated rings. The van der Waals surface area contributed by atoms with E-state index in [-0.39, 0.29) is 5.82 Å². The van der Waals surface area contributed by atoms with Gasteiger partial charge >= 0.3 is 0 Å². The standard InChI is InChI=1S/C13H20FNO/c1-11(8-10-16-2)15-9-7-12-5-3-4-6-13(12)14/h3-6,11,15H,7-10H2,1-2H3. The molecule has 0 radical (unpaired) electrons. The molecule has 0 aliphatic rings. The molecule has 1 atom stereocenters. The molecule has 0 saturated carbocycles. The van der Waals surface area contributed by atoms with Gasteiger partial charge < -0.3 is 10.1 Å². The van der Waals surface area contributed by atoms with Gasteiger partial charge in [-0.2, -0.15) is 0 Å². The summed E-state index contributed by atoms with van der Waals surface area (Å²) in [5.74, 6) is -0.117. The van der Waals surface area contributed by atoms with Gasteiger partial charge in [-0.1, -0.05) is 18.2 Å². The fourth-order valence-corrected chi connectivity index (χ4v) is 1.55. The lowest BCUT2D eigenvalue weighted by molar-refractivity contribution is 0.185. The molecule has 1 N–H and O–H groups in total. The predicted octanol–water partition coefficient (Wildman–Crippen LogP) is 2.38. The Kier molecular flexibility index (Phi) is 6.04. The third-order valence-corrected chi connectivity index (χ3v) is 2.60. The second kappa shape index (κ2) is 7.36. The molecule has 0 aliphatic heterocycles. The molecule has 0 spiro atoms. The molecule has 3 heteroatoms. The largest absolute Gasteiger partial charge is 0.385 e. The van der Waals surface area contributed by atoms with Crippen LogP contribution in [0.3, 0.4) is 0 Å². The SMILES string of the molecule is COCCC(C)NCCc1ccccc1F. The number of benzene rings is 1. The summed E-state index contributed by atoms with van der Waals surface area (Å²) in [5.41, 5.74) is 0.772. The van der Waals surface area contributed by atoms with E-state index in [9.17, 15) is 4.39 Å². The fourth-order valence-electron chi connectivity index (χ4n) is 1.55. The van der Waals surface area contributed by atoms with Crippen molar-refractivity contribution in [1.29, 1.82) is 0 Å². The van der Waals surface area contributed by atoms with E-state index >= 15 is 0 Å². The molecule has 2 nitrogen and oxygen atoms in total. The highest BCUT2D eigenvalue weighted by atomic mass is 19.1. The van der Waals surface area contributed by atoms with Gasteiger partial charge in [0, 0.05) is 19.8 Å². The van der Waals surface area contributed by atoms with Crippen molar-refractivity contribution in [3.05, 3.63) is 35.6 Å². The summed E-state index contributed by atoms with van der Waals surface area (Å²) in [6, 6.07) is 7.33. The van der Waals surface area contributed by atoms with Crippen molar-refractivity contribution in [1.82, 2.24) is 5.32 Å². The Labute approximate surface area is 96.8 Å². The minimum Gasteiger partial charge on any atom is -0.385 e. The maximum Gasteiger partial charge on any atom is 0.126 e. The number of nitrogens with one attached hydrogen (secondary N) is 1. The molecule has 0 bridgehead atoms. The normalized spacial score (nSPS) is 12.7. The van der Waals surface area contributed by atoms with Gasteiger partial charge in [-0.25, -0.2) is 4.39 Å². The minimum atomic E-state index is -0.117. The van der Waals surface area contributed by atoms with E-state index in [1.807, 2.05) is 12.1 Å². The van der Waals surface area contributed by atoms with Crippen LogP contribution in [0, 0.1) is 5.82 Å². The smallest absolute Gasteiger partial charge is 0.126 e. The van der Waals surface area contributed by atoms with Gasteiger partial charge in [0.1, 0.15) is 5.82 Å². The molecule has 0 aliphatic carbocycles. The van der Waals surface area contributed by atoms with Crippen molar-refractivity contribution < 1.29 is 9.13 Å². The predicted molar refractivity (Wildman–Crippen MR) is 64.1 cm³/mol. The molecule has 0 aromatic heterocycles. The molecule has 90 valence electrons. The first-order valence-corrected chi connectivity index (χ1v) is 5.69. The summed E-state index contributed by atoms with van der Waals surface area (Å²) < 4.78 is 18.3. The number of hydrogen-bond acceptors (Lipinski definition) is 2. The molecule has 16 heavy (non-hydrogen) atoms. The Morgan fingerprint density at radius 2 is 2.12 bits per heavy atom. The zero-order chi connectivity index (χ0) is 11.8. The van der Waals surface area contributed by atoms with Crippen molar-refractivity contribution in [2.45, 2.75) is 25.8 Å². The van der Waals surface area contributed by atoms with Crippen LogP contribution in [0.1, 0.15) is 18.9 Å². The monoisotopic (exact) mass is 225 g/mol. The van der Waals surface area contributed by atoms with E-state index in [4.69, 9.17) is 4.74 Å². The van der Waals surface area contributed by atoms with E-state index in [0.717, 1.165) is 31.6 Å². The second-order valence-electron chi connectivity index (χ2n) is 3.98. The summed E-state index contributed by atoms with van der Waals surface area (Å²) >= 11 is 0. The zero-order valence-corrected chi connectivity index (χ0v) is 10.0. The van der Waals surface area contributed by atoms with Crippen molar-refractivity contribution in [2.24, 2.45) is 0 Å². The first-order valence-electron chi connectivity index (χ1n) is 5.69. The first-order chi connectivity index (χ1) is 7.74. The van der Waals surface area contributed by atoms with Crippen LogP contribution in [-0.4, -0.2) is 26.3 Å². The fraction of sp³-hybridized carbons (Fsp3) is 0.538. The molecule has 1 aromatic rings. The summed E-state index contributed by atoms with van der Waals surface area (Å²) in [5, 5.41) is 3.35.